The highest BCUT2D eigenvalue weighted by Gasteiger charge is 2.28. The third-order valence-corrected chi connectivity index (χ3v) is 5.58. The van der Waals surface area contributed by atoms with Gasteiger partial charge in [0.05, 0.1) is 12.1 Å². The molecular formula is C23H23ClFN5O3. The van der Waals surface area contributed by atoms with Gasteiger partial charge in [0.2, 0.25) is 5.88 Å². The summed E-state index contributed by atoms with van der Waals surface area (Å²) in [5.41, 5.74) is 0.703. The number of aromatic nitrogens is 2. The van der Waals surface area contributed by atoms with E-state index in [4.69, 9.17) is 21.1 Å². The number of methoxy groups -OCH3 is 1. The number of benzene rings is 2. The number of nitrogens with one attached hydrogen (secondary N) is 1. The molecule has 1 aliphatic heterocycles. The Balaban J connectivity index is 1.38. The number of nitrogens with zero attached hydrogens (tertiary/aromatic N) is 4. The molecule has 0 aliphatic carbocycles. The second kappa shape index (κ2) is 9.91. The fraction of sp³-hybridized carbons (Fsp3) is 0.261. The molecule has 1 saturated heterocycles. The molecule has 0 radical (unpaired) electrons. The highest BCUT2D eigenvalue weighted by Crippen LogP contribution is 2.27. The SMILES string of the molecule is COc1ccc(NC(=O)N2CCN(c3cc(Oc4ccc(F)c(Cl)c4)ncn3)CC2C)cc1. The van der Waals surface area contributed by atoms with Gasteiger partial charge in [0.25, 0.3) is 0 Å². The first kappa shape index (κ1) is 22.6. The van der Waals surface area contributed by atoms with Crippen LogP contribution in [-0.2, 0) is 0 Å². The zero-order valence-electron chi connectivity index (χ0n) is 18.2. The second-order valence-electron chi connectivity index (χ2n) is 7.54. The molecule has 0 bridgehead atoms. The van der Waals surface area contributed by atoms with Crippen molar-refractivity contribution in [2.45, 2.75) is 13.0 Å². The quantitative estimate of drug-likeness (QED) is 0.575. The van der Waals surface area contributed by atoms with Crippen molar-refractivity contribution in [3.8, 4) is 17.4 Å². The van der Waals surface area contributed by atoms with Crippen molar-refractivity contribution < 1.29 is 18.7 Å². The topological polar surface area (TPSA) is 79.8 Å². The molecule has 1 aromatic heterocycles. The van der Waals surface area contributed by atoms with Gasteiger partial charge in [0.1, 0.15) is 29.5 Å². The Labute approximate surface area is 195 Å². The average Bonchev–Trinajstić information content (AvgIpc) is 2.82. The largest absolute Gasteiger partial charge is 0.497 e. The van der Waals surface area contributed by atoms with Gasteiger partial charge in [0.15, 0.2) is 0 Å². The Hall–Kier alpha value is -3.59. The summed E-state index contributed by atoms with van der Waals surface area (Å²) in [6.45, 7) is 3.70. The van der Waals surface area contributed by atoms with Gasteiger partial charge in [-0.3, -0.25) is 0 Å². The molecule has 0 spiro atoms. The van der Waals surface area contributed by atoms with Crippen LogP contribution < -0.4 is 19.7 Å². The number of ether oxygens (including phenoxy) is 2. The fourth-order valence-corrected chi connectivity index (χ4v) is 3.73. The Bertz CT molecular complexity index is 1130. The third-order valence-electron chi connectivity index (χ3n) is 5.29. The average molecular weight is 472 g/mol. The maximum Gasteiger partial charge on any atom is 0.322 e. The van der Waals surface area contributed by atoms with E-state index in [0.29, 0.717) is 42.8 Å². The normalized spacial score (nSPS) is 15.8. The summed E-state index contributed by atoms with van der Waals surface area (Å²) < 4.78 is 24.2. The Morgan fingerprint density at radius 1 is 1.12 bits per heavy atom. The van der Waals surface area contributed by atoms with Gasteiger partial charge in [0, 0.05) is 43.5 Å². The van der Waals surface area contributed by atoms with Crippen LogP contribution in [0.5, 0.6) is 17.4 Å². The molecule has 2 aromatic carbocycles. The first-order chi connectivity index (χ1) is 15.9. The molecule has 172 valence electrons. The van der Waals surface area contributed by atoms with Crippen LogP contribution >= 0.6 is 11.6 Å². The first-order valence-electron chi connectivity index (χ1n) is 10.3. The summed E-state index contributed by atoms with van der Waals surface area (Å²) in [5, 5.41) is 2.89. The van der Waals surface area contributed by atoms with Crippen LogP contribution in [0, 0.1) is 5.82 Å². The van der Waals surface area contributed by atoms with Crippen molar-refractivity contribution >= 4 is 29.1 Å². The predicted octanol–water partition coefficient (Wildman–Crippen LogP) is 4.81. The van der Waals surface area contributed by atoms with Crippen molar-refractivity contribution in [3.63, 3.8) is 0 Å². The lowest BCUT2D eigenvalue weighted by molar-refractivity contribution is 0.184. The van der Waals surface area contributed by atoms with Crippen LogP contribution in [0.15, 0.2) is 54.9 Å². The molecule has 2 heterocycles. The summed E-state index contributed by atoms with van der Waals surface area (Å²) in [5.74, 6) is 1.57. The molecule has 1 atom stereocenters. The monoisotopic (exact) mass is 471 g/mol. The minimum atomic E-state index is -0.518. The lowest BCUT2D eigenvalue weighted by Crippen LogP contribution is -2.55. The Morgan fingerprint density at radius 3 is 2.58 bits per heavy atom. The molecule has 1 unspecified atom stereocenters. The van der Waals surface area contributed by atoms with Crippen LogP contribution in [0.25, 0.3) is 0 Å². The van der Waals surface area contributed by atoms with E-state index in [1.807, 2.05) is 6.92 Å². The van der Waals surface area contributed by atoms with E-state index in [-0.39, 0.29) is 17.1 Å². The maximum absolute atomic E-state index is 13.4. The lowest BCUT2D eigenvalue weighted by Gasteiger charge is -2.40. The molecule has 0 saturated carbocycles. The second-order valence-corrected chi connectivity index (χ2v) is 7.95. The standard InChI is InChI=1S/C23H23ClFN5O3/c1-15-13-29(9-10-30(15)23(31)28-16-3-5-17(32-2)6-4-16)21-12-22(27-14-26-21)33-18-7-8-20(25)19(24)11-18/h3-8,11-12,14-15H,9-10,13H2,1-2H3,(H,28,31). The van der Waals surface area contributed by atoms with Gasteiger partial charge in [-0.25, -0.2) is 19.2 Å². The molecule has 3 aromatic rings. The summed E-state index contributed by atoms with van der Waals surface area (Å²) in [6, 6.07) is 12.8. The van der Waals surface area contributed by atoms with E-state index >= 15 is 0 Å². The number of hydrogen-bond donors (Lipinski definition) is 1. The molecule has 1 fully saturated rings. The zero-order valence-corrected chi connectivity index (χ0v) is 18.9. The van der Waals surface area contributed by atoms with Gasteiger partial charge in [-0.1, -0.05) is 11.6 Å². The summed E-state index contributed by atoms with van der Waals surface area (Å²) in [7, 11) is 1.60. The summed E-state index contributed by atoms with van der Waals surface area (Å²) >= 11 is 5.81. The van der Waals surface area contributed by atoms with E-state index < -0.39 is 5.82 Å². The highest BCUT2D eigenvalue weighted by atomic mass is 35.5. The van der Waals surface area contributed by atoms with Crippen molar-refractivity contribution in [2.24, 2.45) is 0 Å². The number of carbonyl (C=O) groups is 1. The number of urea groups is 1. The molecule has 1 N–H and O–H groups in total. The molecule has 4 rings (SSSR count). The Morgan fingerprint density at radius 2 is 1.88 bits per heavy atom. The van der Waals surface area contributed by atoms with E-state index in [1.165, 1.54) is 24.5 Å². The van der Waals surface area contributed by atoms with Crippen LogP contribution in [0.4, 0.5) is 20.7 Å². The van der Waals surface area contributed by atoms with Gasteiger partial charge >= 0.3 is 6.03 Å². The molecular weight excluding hydrogens is 449 g/mol. The summed E-state index contributed by atoms with van der Waals surface area (Å²) in [4.78, 5) is 25.1. The molecule has 10 heteroatoms. The summed E-state index contributed by atoms with van der Waals surface area (Å²) in [6.07, 6.45) is 1.41. The van der Waals surface area contributed by atoms with Crippen molar-refractivity contribution in [1.29, 1.82) is 0 Å². The smallest absolute Gasteiger partial charge is 0.322 e. The first-order valence-corrected chi connectivity index (χ1v) is 10.7. The van der Waals surface area contributed by atoms with E-state index in [0.717, 1.165) is 5.75 Å². The number of piperazine rings is 1. The predicted molar refractivity (Wildman–Crippen MR) is 124 cm³/mol. The third kappa shape index (κ3) is 5.43. The number of halogens is 2. The van der Waals surface area contributed by atoms with Crippen molar-refractivity contribution in [2.75, 3.05) is 37.0 Å². The zero-order chi connectivity index (χ0) is 23.4. The number of amides is 2. The van der Waals surface area contributed by atoms with Crippen LogP contribution in [-0.4, -0.2) is 53.7 Å². The lowest BCUT2D eigenvalue weighted by atomic mass is 10.2. The number of rotatable bonds is 5. The number of anilines is 2. The highest BCUT2D eigenvalue weighted by molar-refractivity contribution is 6.30. The minimum absolute atomic E-state index is 0.0281. The minimum Gasteiger partial charge on any atom is -0.497 e. The van der Waals surface area contributed by atoms with E-state index in [9.17, 15) is 9.18 Å². The fourth-order valence-electron chi connectivity index (χ4n) is 3.56. The van der Waals surface area contributed by atoms with Gasteiger partial charge in [-0.2, -0.15) is 0 Å². The van der Waals surface area contributed by atoms with Crippen LogP contribution in [0.1, 0.15) is 6.92 Å². The van der Waals surface area contributed by atoms with Gasteiger partial charge < -0.3 is 24.6 Å². The van der Waals surface area contributed by atoms with Gasteiger partial charge in [-0.15, -0.1) is 0 Å². The molecule has 8 nitrogen and oxygen atoms in total. The van der Waals surface area contributed by atoms with Crippen molar-refractivity contribution in [1.82, 2.24) is 14.9 Å². The molecule has 1 aliphatic rings. The van der Waals surface area contributed by atoms with Crippen molar-refractivity contribution in [3.05, 3.63) is 65.7 Å². The molecule has 2 amide bonds. The number of carbonyl (C=O) groups excluding carboxylic acids is 1. The van der Waals surface area contributed by atoms with Gasteiger partial charge in [-0.05, 0) is 43.3 Å². The Kier molecular flexibility index (Phi) is 6.79. The van der Waals surface area contributed by atoms with Crippen LogP contribution in [0.2, 0.25) is 5.02 Å². The number of hydrogen-bond acceptors (Lipinski definition) is 6. The van der Waals surface area contributed by atoms with E-state index in [1.54, 1.807) is 42.3 Å². The van der Waals surface area contributed by atoms with E-state index in [2.05, 4.69) is 20.2 Å². The molecule has 33 heavy (non-hydrogen) atoms. The maximum atomic E-state index is 13.4. The van der Waals surface area contributed by atoms with Crippen LogP contribution in [0.3, 0.4) is 0 Å².